The molecular formula is C29H28N5O3-. The number of nitrogens with zero attached hydrogens (tertiary/aromatic N) is 3. The number of rotatable bonds is 5. The van der Waals surface area contributed by atoms with Crippen molar-refractivity contribution in [2.45, 2.75) is 44.1 Å². The summed E-state index contributed by atoms with van der Waals surface area (Å²) in [4.78, 5) is 24.6. The number of aromatic amines is 1. The summed E-state index contributed by atoms with van der Waals surface area (Å²) in [5.74, 6) is 2.54. The van der Waals surface area contributed by atoms with E-state index in [-0.39, 0.29) is 17.2 Å². The molecule has 0 radical (unpaired) electrons. The van der Waals surface area contributed by atoms with Crippen molar-refractivity contribution in [1.82, 2.24) is 15.0 Å². The highest BCUT2D eigenvalue weighted by molar-refractivity contribution is 6.05. The van der Waals surface area contributed by atoms with Crippen molar-refractivity contribution in [3.05, 3.63) is 66.4 Å². The fraction of sp³-hybridized carbons (Fsp3) is 0.345. The number of pyridine rings is 1. The summed E-state index contributed by atoms with van der Waals surface area (Å²) in [5, 5.41) is 28.6. The fourth-order valence-electron chi connectivity index (χ4n) is 7.33. The summed E-state index contributed by atoms with van der Waals surface area (Å²) >= 11 is 0. The van der Waals surface area contributed by atoms with Gasteiger partial charge in [-0.05, 0) is 98.7 Å². The predicted octanol–water partition coefficient (Wildman–Crippen LogP) is 5.12. The Balaban J connectivity index is 1.14. The number of nitrogens with one attached hydrogen (secondary N) is 2. The summed E-state index contributed by atoms with van der Waals surface area (Å²) in [7, 11) is 0. The number of benzene rings is 2. The van der Waals surface area contributed by atoms with Crippen LogP contribution in [-0.2, 0) is 0 Å². The van der Waals surface area contributed by atoms with Crippen molar-refractivity contribution in [3.8, 4) is 17.1 Å². The van der Waals surface area contributed by atoms with Gasteiger partial charge in [0.05, 0.1) is 22.3 Å². The molecule has 0 atom stereocenters. The van der Waals surface area contributed by atoms with Gasteiger partial charge in [-0.1, -0.05) is 17.9 Å². The molecule has 0 spiro atoms. The fourth-order valence-corrected chi connectivity index (χ4v) is 7.33. The normalized spacial score (nSPS) is 25.9. The Labute approximate surface area is 214 Å². The lowest BCUT2D eigenvalue weighted by Crippen LogP contribution is -2.59. The Bertz CT molecular complexity index is 1460. The molecule has 0 aliphatic heterocycles. The van der Waals surface area contributed by atoms with Crippen LogP contribution in [0.2, 0.25) is 0 Å². The first-order valence-electron chi connectivity index (χ1n) is 13.0. The molecule has 8 heteroatoms. The minimum atomic E-state index is -0.305. The first-order chi connectivity index (χ1) is 18.0. The number of carbonyl (C=O) groups is 1. The zero-order chi connectivity index (χ0) is 25.1. The number of amides is 1. The Morgan fingerprint density at radius 3 is 2.46 bits per heavy atom. The summed E-state index contributed by atoms with van der Waals surface area (Å²) < 4.78 is 0. The van der Waals surface area contributed by atoms with Crippen LogP contribution in [0.1, 0.15) is 48.9 Å². The lowest BCUT2D eigenvalue weighted by atomic mass is 9.53. The molecule has 2 aromatic carbocycles. The number of hydrogen-bond donors (Lipinski definition) is 3. The standard InChI is InChI=1S/C29H29N5O3/c35-25-13-20(5-7-24(25)34(37)29-14-17-9-18(15-29)11-19(10-17)16-29)27-31-22-6-4-21(12-23(22)32-27)28(36)33-26-3-1-2-8-30-26/h1-8,12-13,17-19,35,37H,9-11,14-16H2,(H,31,32)(H,30,33,36)/p-1. The van der Waals surface area contributed by atoms with E-state index in [9.17, 15) is 15.1 Å². The van der Waals surface area contributed by atoms with E-state index in [2.05, 4.69) is 20.3 Å². The van der Waals surface area contributed by atoms with Crippen LogP contribution in [0, 0.1) is 17.8 Å². The molecule has 2 heterocycles. The highest BCUT2D eigenvalue weighted by atomic mass is 16.5. The van der Waals surface area contributed by atoms with Crippen LogP contribution in [-0.4, -0.2) is 31.6 Å². The second kappa shape index (κ2) is 8.31. The quantitative estimate of drug-likeness (QED) is 0.332. The third-order valence-electron chi connectivity index (χ3n) is 8.57. The molecule has 1 amide bonds. The van der Waals surface area contributed by atoms with Gasteiger partial charge in [0.15, 0.2) is 0 Å². The summed E-state index contributed by atoms with van der Waals surface area (Å²) in [5.41, 5.74) is 2.54. The van der Waals surface area contributed by atoms with Gasteiger partial charge in [-0.3, -0.25) is 15.1 Å². The molecule has 4 saturated carbocycles. The Morgan fingerprint density at radius 1 is 1.03 bits per heavy atom. The summed E-state index contributed by atoms with van der Waals surface area (Å²) in [6.07, 6.45) is 8.34. The van der Waals surface area contributed by atoms with E-state index in [0.29, 0.717) is 57.2 Å². The maximum absolute atomic E-state index is 13.2. The molecule has 37 heavy (non-hydrogen) atoms. The van der Waals surface area contributed by atoms with Crippen LogP contribution in [0.15, 0.2) is 60.8 Å². The monoisotopic (exact) mass is 494 g/mol. The van der Waals surface area contributed by atoms with Crippen LogP contribution in [0.3, 0.4) is 0 Å². The van der Waals surface area contributed by atoms with Crippen LogP contribution in [0.4, 0.5) is 11.5 Å². The third kappa shape index (κ3) is 3.83. The second-order valence-electron chi connectivity index (χ2n) is 11.1. The van der Waals surface area contributed by atoms with Crippen LogP contribution < -0.4 is 15.5 Å². The smallest absolute Gasteiger partial charge is 0.256 e. The van der Waals surface area contributed by atoms with E-state index in [0.717, 1.165) is 19.3 Å². The van der Waals surface area contributed by atoms with E-state index in [1.807, 2.05) is 12.1 Å². The van der Waals surface area contributed by atoms with E-state index in [1.54, 1.807) is 42.6 Å². The number of fused-ring (bicyclic) bond motifs is 1. The van der Waals surface area contributed by atoms with Crippen LogP contribution in [0.25, 0.3) is 22.4 Å². The number of carbonyl (C=O) groups excluding carboxylic acids is 1. The molecule has 188 valence electrons. The van der Waals surface area contributed by atoms with E-state index in [4.69, 9.17) is 0 Å². The third-order valence-corrected chi connectivity index (χ3v) is 8.57. The van der Waals surface area contributed by atoms with Crippen molar-refractivity contribution in [3.63, 3.8) is 0 Å². The molecule has 0 saturated heterocycles. The number of anilines is 2. The molecule has 8 rings (SSSR count). The van der Waals surface area contributed by atoms with E-state index >= 15 is 0 Å². The predicted molar refractivity (Wildman–Crippen MR) is 138 cm³/mol. The maximum Gasteiger partial charge on any atom is 0.256 e. The molecular weight excluding hydrogens is 466 g/mol. The van der Waals surface area contributed by atoms with E-state index < -0.39 is 0 Å². The minimum absolute atomic E-state index is 0.216. The van der Waals surface area contributed by atoms with Crippen molar-refractivity contribution in [1.29, 1.82) is 0 Å². The zero-order valence-corrected chi connectivity index (χ0v) is 20.4. The van der Waals surface area contributed by atoms with Crippen LogP contribution >= 0.6 is 0 Å². The van der Waals surface area contributed by atoms with Gasteiger partial charge in [-0.15, -0.1) is 0 Å². The second-order valence-corrected chi connectivity index (χ2v) is 11.1. The van der Waals surface area contributed by atoms with Gasteiger partial charge in [0, 0.05) is 17.3 Å². The lowest BCUT2D eigenvalue weighted by molar-refractivity contribution is -0.268. The van der Waals surface area contributed by atoms with Crippen molar-refractivity contribution >= 4 is 28.4 Å². The lowest BCUT2D eigenvalue weighted by Gasteiger charge is -2.59. The molecule has 4 aliphatic carbocycles. The van der Waals surface area contributed by atoms with Gasteiger partial charge >= 0.3 is 0 Å². The molecule has 3 N–H and O–H groups in total. The molecule has 0 unspecified atom stereocenters. The molecule has 2 aromatic heterocycles. The minimum Gasteiger partial charge on any atom is -0.871 e. The zero-order valence-electron chi connectivity index (χ0n) is 20.4. The van der Waals surface area contributed by atoms with Crippen LogP contribution in [0.5, 0.6) is 5.75 Å². The highest BCUT2D eigenvalue weighted by Gasteiger charge is 2.54. The number of hydrogen-bond acceptors (Lipinski definition) is 6. The number of aromatic nitrogens is 3. The molecule has 4 aromatic rings. The van der Waals surface area contributed by atoms with Crippen molar-refractivity contribution in [2.75, 3.05) is 10.4 Å². The van der Waals surface area contributed by atoms with Crippen molar-refractivity contribution < 1.29 is 15.1 Å². The summed E-state index contributed by atoms with van der Waals surface area (Å²) in [6.45, 7) is 0. The van der Waals surface area contributed by atoms with Gasteiger partial charge in [0.25, 0.3) is 5.91 Å². The molecule has 8 nitrogen and oxygen atoms in total. The molecule has 4 aliphatic rings. The SMILES string of the molecule is O=C(Nc1ccccn1)c1ccc2nc(-c3ccc(N(O)C45CC6CC(CC(C6)C4)C5)c([O-])c3)[nH]c2c1. The average molecular weight is 495 g/mol. The van der Waals surface area contributed by atoms with Gasteiger partial charge in [0.1, 0.15) is 11.6 Å². The number of H-pyrrole nitrogens is 1. The van der Waals surface area contributed by atoms with Crippen molar-refractivity contribution in [2.24, 2.45) is 17.8 Å². The average Bonchev–Trinajstić information content (AvgIpc) is 3.32. The van der Waals surface area contributed by atoms with E-state index in [1.165, 1.54) is 30.4 Å². The Hall–Kier alpha value is -3.91. The van der Waals surface area contributed by atoms with Gasteiger partial charge in [-0.25, -0.2) is 9.97 Å². The van der Waals surface area contributed by atoms with Gasteiger partial charge in [-0.2, -0.15) is 0 Å². The molecule has 4 bridgehead atoms. The first kappa shape index (κ1) is 22.3. The number of imidazole rings is 1. The largest absolute Gasteiger partial charge is 0.871 e. The Morgan fingerprint density at radius 2 is 1.78 bits per heavy atom. The Kier molecular flexibility index (Phi) is 5.01. The first-order valence-corrected chi connectivity index (χ1v) is 13.0. The van der Waals surface area contributed by atoms with Gasteiger partial charge < -0.3 is 15.4 Å². The highest BCUT2D eigenvalue weighted by Crippen LogP contribution is 2.58. The maximum atomic E-state index is 13.2. The topological polar surface area (TPSA) is 117 Å². The molecule has 4 fully saturated rings. The summed E-state index contributed by atoms with van der Waals surface area (Å²) in [6, 6.07) is 15.6. The number of hydroxylamine groups is 1. The van der Waals surface area contributed by atoms with Gasteiger partial charge in [0.2, 0.25) is 0 Å².